The van der Waals surface area contributed by atoms with Gasteiger partial charge in [0, 0.05) is 16.6 Å². The summed E-state index contributed by atoms with van der Waals surface area (Å²) in [5.41, 5.74) is 0.972. The van der Waals surface area contributed by atoms with Gasteiger partial charge in [0.25, 0.3) is 5.91 Å². The van der Waals surface area contributed by atoms with Gasteiger partial charge in [-0.2, -0.15) is 0 Å². The van der Waals surface area contributed by atoms with Crippen molar-refractivity contribution in [2.24, 2.45) is 11.1 Å². The third kappa shape index (κ3) is 3.39. The Kier molecular flexibility index (Phi) is 4.51. The number of aryl methyl sites for hydroxylation is 1. The van der Waals surface area contributed by atoms with Crippen LogP contribution in [0, 0.1) is 12.8 Å². The van der Waals surface area contributed by atoms with Crippen LogP contribution >= 0.6 is 15.9 Å². The molecule has 0 radical (unpaired) electrons. The molecular weight excluding hydrogens is 344 g/mol. The van der Waals surface area contributed by atoms with Crippen LogP contribution in [0.25, 0.3) is 0 Å². The normalized spacial score (nSPS) is 15.8. The Morgan fingerprint density at radius 3 is 2.60 bits per heavy atom. The monoisotopic (exact) mass is 360 g/mol. The van der Waals surface area contributed by atoms with Gasteiger partial charge in [-0.25, -0.2) is 13.6 Å². The van der Waals surface area contributed by atoms with Gasteiger partial charge in [-0.05, 0) is 59.3 Å². The van der Waals surface area contributed by atoms with Crippen molar-refractivity contribution in [1.29, 1.82) is 0 Å². The molecule has 1 aliphatic rings. The molecule has 0 unspecified atom stereocenters. The predicted octanol–water partition coefficient (Wildman–Crippen LogP) is 1.93. The topological polar surface area (TPSA) is 89.3 Å². The van der Waals surface area contributed by atoms with Crippen LogP contribution in [0.15, 0.2) is 21.5 Å². The van der Waals surface area contributed by atoms with Crippen molar-refractivity contribution in [2.75, 3.05) is 6.54 Å². The minimum atomic E-state index is -3.86. The smallest absolute Gasteiger partial charge is 0.251 e. The van der Waals surface area contributed by atoms with Crippen molar-refractivity contribution in [3.8, 4) is 0 Å². The Hall–Kier alpha value is -0.920. The Morgan fingerprint density at radius 1 is 1.45 bits per heavy atom. The number of primary sulfonamides is 1. The zero-order valence-electron chi connectivity index (χ0n) is 11.1. The molecule has 1 aliphatic carbocycles. The van der Waals surface area contributed by atoms with Crippen molar-refractivity contribution in [2.45, 2.75) is 31.1 Å². The van der Waals surface area contributed by atoms with Gasteiger partial charge >= 0.3 is 0 Å². The molecule has 1 saturated carbocycles. The van der Waals surface area contributed by atoms with Crippen LogP contribution in [0.2, 0.25) is 0 Å². The number of benzene rings is 1. The zero-order valence-corrected chi connectivity index (χ0v) is 13.6. The van der Waals surface area contributed by atoms with Gasteiger partial charge in [0.2, 0.25) is 10.0 Å². The van der Waals surface area contributed by atoms with Crippen LogP contribution in [0.4, 0.5) is 0 Å². The van der Waals surface area contributed by atoms with Gasteiger partial charge < -0.3 is 5.32 Å². The Balaban J connectivity index is 2.23. The van der Waals surface area contributed by atoms with Crippen LogP contribution in [0.5, 0.6) is 0 Å². The SMILES string of the molecule is Cc1cc(C(=O)NCC2CCC2)cc(S(N)(=O)=O)c1Br. The van der Waals surface area contributed by atoms with E-state index in [4.69, 9.17) is 5.14 Å². The lowest BCUT2D eigenvalue weighted by atomic mass is 9.85. The first-order chi connectivity index (χ1) is 9.29. The molecule has 110 valence electrons. The van der Waals surface area contributed by atoms with Crippen LogP contribution in [-0.4, -0.2) is 20.9 Å². The second-order valence-corrected chi connectivity index (χ2v) is 7.48. The van der Waals surface area contributed by atoms with Crippen LogP contribution in [-0.2, 0) is 10.0 Å². The number of amides is 1. The summed E-state index contributed by atoms with van der Waals surface area (Å²) >= 11 is 3.19. The number of sulfonamides is 1. The molecule has 2 rings (SSSR count). The summed E-state index contributed by atoms with van der Waals surface area (Å²) in [6, 6.07) is 2.96. The molecule has 0 spiro atoms. The molecule has 3 N–H and O–H groups in total. The third-order valence-corrected chi connectivity index (χ3v) is 5.82. The lowest BCUT2D eigenvalue weighted by molar-refractivity contribution is 0.0938. The fourth-order valence-corrected chi connectivity index (χ4v) is 3.72. The highest BCUT2D eigenvalue weighted by molar-refractivity contribution is 9.10. The van der Waals surface area contributed by atoms with E-state index >= 15 is 0 Å². The van der Waals surface area contributed by atoms with E-state index in [1.807, 2.05) is 0 Å². The van der Waals surface area contributed by atoms with Crippen molar-refractivity contribution >= 4 is 31.9 Å². The van der Waals surface area contributed by atoms with Crippen LogP contribution in [0.1, 0.15) is 35.2 Å². The molecule has 7 heteroatoms. The third-order valence-electron chi connectivity index (χ3n) is 3.57. The summed E-state index contributed by atoms with van der Waals surface area (Å²) in [4.78, 5) is 12.0. The Bertz CT molecular complexity index is 639. The van der Waals surface area contributed by atoms with Gasteiger partial charge in [0.15, 0.2) is 0 Å². The summed E-state index contributed by atoms with van der Waals surface area (Å²) in [6.07, 6.45) is 3.50. The molecule has 1 aromatic carbocycles. The van der Waals surface area contributed by atoms with E-state index in [1.54, 1.807) is 13.0 Å². The predicted molar refractivity (Wildman–Crippen MR) is 79.9 cm³/mol. The second kappa shape index (κ2) is 5.83. The average Bonchev–Trinajstić information content (AvgIpc) is 2.28. The zero-order chi connectivity index (χ0) is 14.9. The fourth-order valence-electron chi connectivity index (χ4n) is 2.11. The van der Waals surface area contributed by atoms with Gasteiger partial charge in [-0.15, -0.1) is 0 Å². The van der Waals surface area contributed by atoms with Gasteiger partial charge in [0.1, 0.15) is 0 Å². The Morgan fingerprint density at radius 2 is 2.10 bits per heavy atom. The lowest BCUT2D eigenvalue weighted by Gasteiger charge is -2.25. The van der Waals surface area contributed by atoms with Crippen molar-refractivity contribution in [3.05, 3.63) is 27.7 Å². The molecular formula is C13H17BrN2O3S. The number of rotatable bonds is 4. The van der Waals surface area contributed by atoms with Gasteiger partial charge in [-0.3, -0.25) is 4.79 Å². The molecule has 1 aromatic rings. The summed E-state index contributed by atoms with van der Waals surface area (Å²) in [5, 5.41) is 8.00. The molecule has 5 nitrogen and oxygen atoms in total. The quantitative estimate of drug-likeness (QED) is 0.859. The fraction of sp³-hybridized carbons (Fsp3) is 0.462. The van der Waals surface area contributed by atoms with E-state index in [2.05, 4.69) is 21.2 Å². The van der Waals surface area contributed by atoms with E-state index in [0.29, 0.717) is 28.1 Å². The second-order valence-electron chi connectivity index (χ2n) is 5.16. The minimum absolute atomic E-state index is 0.0636. The maximum absolute atomic E-state index is 12.1. The number of nitrogens with one attached hydrogen (secondary N) is 1. The van der Waals surface area contributed by atoms with Crippen LogP contribution < -0.4 is 10.5 Å². The maximum Gasteiger partial charge on any atom is 0.251 e. The molecule has 0 atom stereocenters. The van der Waals surface area contributed by atoms with Gasteiger partial charge in [-0.1, -0.05) is 6.42 Å². The highest BCUT2D eigenvalue weighted by Crippen LogP contribution is 2.27. The molecule has 1 fully saturated rings. The average molecular weight is 361 g/mol. The maximum atomic E-state index is 12.1. The standard InChI is InChI=1S/C13H17BrN2O3S/c1-8-5-10(6-11(12(8)14)20(15,18)19)13(17)16-7-9-3-2-4-9/h5-6,9H,2-4,7H2,1H3,(H,16,17)(H2,15,18,19). The minimum Gasteiger partial charge on any atom is -0.352 e. The molecule has 0 saturated heterocycles. The highest BCUT2D eigenvalue weighted by atomic mass is 79.9. The van der Waals surface area contributed by atoms with Crippen LogP contribution in [0.3, 0.4) is 0 Å². The van der Waals surface area contributed by atoms with Crippen molar-refractivity contribution in [3.63, 3.8) is 0 Å². The number of hydrogen-bond donors (Lipinski definition) is 2. The molecule has 0 bridgehead atoms. The summed E-state index contributed by atoms with van der Waals surface area (Å²) in [7, 11) is -3.86. The molecule has 1 amide bonds. The highest BCUT2D eigenvalue weighted by Gasteiger charge is 2.21. The number of carbonyl (C=O) groups excluding carboxylic acids is 1. The number of halogens is 1. The summed E-state index contributed by atoms with van der Waals surface area (Å²) in [6.45, 7) is 2.36. The molecule has 0 aliphatic heterocycles. The van der Waals surface area contributed by atoms with E-state index < -0.39 is 10.0 Å². The van der Waals surface area contributed by atoms with Crippen molar-refractivity contribution < 1.29 is 13.2 Å². The molecule has 0 aromatic heterocycles. The van der Waals surface area contributed by atoms with E-state index in [1.165, 1.54) is 12.5 Å². The lowest BCUT2D eigenvalue weighted by Crippen LogP contribution is -2.32. The first kappa shape index (κ1) is 15.5. The van der Waals surface area contributed by atoms with E-state index in [9.17, 15) is 13.2 Å². The van der Waals surface area contributed by atoms with Gasteiger partial charge in [0.05, 0.1) is 4.90 Å². The Labute approximate surface area is 127 Å². The summed E-state index contributed by atoms with van der Waals surface area (Å²) in [5.74, 6) is 0.283. The molecule has 0 heterocycles. The van der Waals surface area contributed by atoms with E-state index in [-0.39, 0.29) is 10.8 Å². The summed E-state index contributed by atoms with van der Waals surface area (Å²) < 4.78 is 23.4. The number of nitrogens with two attached hydrogens (primary N) is 1. The molecule has 20 heavy (non-hydrogen) atoms. The first-order valence-electron chi connectivity index (χ1n) is 6.40. The number of hydrogen-bond acceptors (Lipinski definition) is 3. The first-order valence-corrected chi connectivity index (χ1v) is 8.74. The number of carbonyl (C=O) groups is 1. The van der Waals surface area contributed by atoms with Crippen molar-refractivity contribution in [1.82, 2.24) is 5.32 Å². The van der Waals surface area contributed by atoms with E-state index in [0.717, 1.165) is 12.8 Å². The largest absolute Gasteiger partial charge is 0.352 e.